The zero-order chi connectivity index (χ0) is 22.6. The number of rotatable bonds is 7. The van der Waals surface area contributed by atoms with Crippen molar-refractivity contribution in [2.24, 2.45) is 0 Å². The number of amides is 1. The summed E-state index contributed by atoms with van der Waals surface area (Å²) >= 11 is 12.1. The minimum Gasteiger partial charge on any atom is -0.372 e. The van der Waals surface area contributed by atoms with Gasteiger partial charge < -0.3 is 10.2 Å². The van der Waals surface area contributed by atoms with Crippen molar-refractivity contribution in [3.8, 4) is 0 Å². The Morgan fingerprint density at radius 1 is 1.06 bits per heavy atom. The molecule has 3 rings (SSSR count). The third-order valence-corrected chi connectivity index (χ3v) is 7.26. The van der Waals surface area contributed by atoms with Crippen LogP contribution < -0.4 is 14.5 Å². The fourth-order valence-electron chi connectivity index (χ4n) is 3.82. The molecule has 1 N–H and O–H groups in total. The molecule has 1 aliphatic rings. The molecule has 168 valence electrons. The molecule has 1 saturated heterocycles. The summed E-state index contributed by atoms with van der Waals surface area (Å²) < 4.78 is 26.2. The maximum Gasteiger partial charge on any atom is 0.248 e. The molecule has 0 radical (unpaired) electrons. The second kappa shape index (κ2) is 10.1. The monoisotopic (exact) mass is 483 g/mol. The van der Waals surface area contributed by atoms with E-state index in [1.165, 1.54) is 31.4 Å². The number of benzene rings is 2. The summed E-state index contributed by atoms with van der Waals surface area (Å²) in [7, 11) is -3.75. The van der Waals surface area contributed by atoms with E-state index >= 15 is 0 Å². The van der Waals surface area contributed by atoms with Crippen molar-refractivity contribution in [2.45, 2.75) is 38.6 Å². The molecule has 2 aromatic rings. The van der Waals surface area contributed by atoms with E-state index in [1.807, 2.05) is 24.3 Å². The predicted molar refractivity (Wildman–Crippen MR) is 129 cm³/mol. The summed E-state index contributed by atoms with van der Waals surface area (Å²) in [5, 5.41) is 3.38. The zero-order valence-corrected chi connectivity index (χ0v) is 20.0. The average molecular weight is 484 g/mol. The molecule has 0 bridgehead atoms. The molecule has 1 aliphatic heterocycles. The summed E-state index contributed by atoms with van der Waals surface area (Å²) in [5.41, 5.74) is 2.03. The van der Waals surface area contributed by atoms with Gasteiger partial charge in [-0.1, -0.05) is 30.1 Å². The van der Waals surface area contributed by atoms with Gasteiger partial charge in [-0.3, -0.25) is 9.10 Å². The van der Waals surface area contributed by atoms with Crippen molar-refractivity contribution in [3.05, 3.63) is 52.5 Å². The van der Waals surface area contributed by atoms with Crippen molar-refractivity contribution >= 4 is 56.2 Å². The van der Waals surface area contributed by atoms with Gasteiger partial charge in [0, 0.05) is 24.5 Å². The molecule has 1 heterocycles. The summed E-state index contributed by atoms with van der Waals surface area (Å²) in [6.07, 6.45) is 4.99. The van der Waals surface area contributed by atoms with Gasteiger partial charge in [0.2, 0.25) is 15.9 Å². The first-order valence-corrected chi connectivity index (χ1v) is 12.9. The Hall–Kier alpha value is -1.96. The lowest BCUT2D eigenvalue weighted by Gasteiger charge is -2.30. The van der Waals surface area contributed by atoms with E-state index < -0.39 is 22.0 Å². The standard InChI is InChI=1S/C22H27Cl2N3O3S/c1-3-21(27(31(2,29)30)18-11-12-19(23)20(24)15-18)22(28)25-16-7-9-17(10-8-16)26-13-5-4-6-14-26/h7-12,15,21H,3-6,13-14H2,1-2H3,(H,25,28). The van der Waals surface area contributed by atoms with Crippen LogP contribution in [0.25, 0.3) is 0 Å². The van der Waals surface area contributed by atoms with Crippen molar-refractivity contribution in [1.29, 1.82) is 0 Å². The smallest absolute Gasteiger partial charge is 0.248 e. The Labute approximate surface area is 194 Å². The summed E-state index contributed by atoms with van der Waals surface area (Å²) in [5.74, 6) is -0.412. The lowest BCUT2D eigenvalue weighted by atomic mass is 10.1. The van der Waals surface area contributed by atoms with Crippen LogP contribution in [0.15, 0.2) is 42.5 Å². The predicted octanol–water partition coefficient (Wildman–Crippen LogP) is 5.17. The van der Waals surface area contributed by atoms with Gasteiger partial charge >= 0.3 is 0 Å². The van der Waals surface area contributed by atoms with Crippen LogP contribution in [0.2, 0.25) is 10.0 Å². The molecule has 1 unspecified atom stereocenters. The largest absolute Gasteiger partial charge is 0.372 e. The lowest BCUT2D eigenvalue weighted by Crippen LogP contribution is -2.47. The molecule has 31 heavy (non-hydrogen) atoms. The van der Waals surface area contributed by atoms with Crippen LogP contribution in [0.5, 0.6) is 0 Å². The molecule has 1 fully saturated rings. The third kappa shape index (κ3) is 5.84. The number of nitrogens with one attached hydrogen (secondary N) is 1. The molecule has 1 amide bonds. The molecule has 0 spiro atoms. The molecule has 0 aromatic heterocycles. The molecule has 0 aliphatic carbocycles. The number of halogens is 2. The Morgan fingerprint density at radius 2 is 1.71 bits per heavy atom. The zero-order valence-electron chi connectivity index (χ0n) is 17.6. The third-order valence-electron chi connectivity index (χ3n) is 5.34. The molecular formula is C22H27Cl2N3O3S. The highest BCUT2D eigenvalue weighted by Gasteiger charge is 2.32. The van der Waals surface area contributed by atoms with E-state index in [0.717, 1.165) is 29.3 Å². The van der Waals surface area contributed by atoms with Crippen LogP contribution in [-0.2, 0) is 14.8 Å². The van der Waals surface area contributed by atoms with Crippen molar-refractivity contribution < 1.29 is 13.2 Å². The minimum absolute atomic E-state index is 0.219. The van der Waals surface area contributed by atoms with Gasteiger partial charge in [0.15, 0.2) is 0 Å². The fraction of sp³-hybridized carbons (Fsp3) is 0.409. The van der Waals surface area contributed by atoms with E-state index in [9.17, 15) is 13.2 Å². The fourth-order valence-corrected chi connectivity index (χ4v) is 5.31. The summed E-state index contributed by atoms with van der Waals surface area (Å²) in [6.45, 7) is 3.84. The highest BCUT2D eigenvalue weighted by molar-refractivity contribution is 7.92. The average Bonchev–Trinajstić information content (AvgIpc) is 2.74. The van der Waals surface area contributed by atoms with E-state index in [2.05, 4.69) is 10.2 Å². The van der Waals surface area contributed by atoms with Gasteiger partial charge in [-0.15, -0.1) is 0 Å². The van der Waals surface area contributed by atoms with Crippen LogP contribution in [0.3, 0.4) is 0 Å². The summed E-state index contributed by atoms with van der Waals surface area (Å²) in [6, 6.07) is 11.2. The molecule has 1 atom stereocenters. The van der Waals surface area contributed by atoms with Crippen LogP contribution in [0.4, 0.5) is 17.1 Å². The summed E-state index contributed by atoms with van der Waals surface area (Å²) in [4.78, 5) is 15.4. The number of nitrogens with zero attached hydrogens (tertiary/aromatic N) is 2. The Morgan fingerprint density at radius 3 is 2.26 bits per heavy atom. The van der Waals surface area contributed by atoms with Crippen molar-refractivity contribution in [1.82, 2.24) is 0 Å². The molecule has 9 heteroatoms. The highest BCUT2D eigenvalue weighted by atomic mass is 35.5. The van der Waals surface area contributed by atoms with E-state index in [0.29, 0.717) is 16.4 Å². The number of anilines is 3. The molecule has 0 saturated carbocycles. The van der Waals surface area contributed by atoms with Crippen LogP contribution in [0.1, 0.15) is 32.6 Å². The van der Waals surface area contributed by atoms with Crippen LogP contribution in [-0.4, -0.2) is 39.7 Å². The SMILES string of the molecule is CCC(C(=O)Nc1ccc(N2CCCCC2)cc1)N(c1ccc(Cl)c(Cl)c1)S(C)(=O)=O. The number of carbonyl (C=O) groups is 1. The van der Waals surface area contributed by atoms with Gasteiger partial charge in [0.1, 0.15) is 6.04 Å². The normalized spacial score (nSPS) is 15.4. The maximum absolute atomic E-state index is 13.1. The lowest BCUT2D eigenvalue weighted by molar-refractivity contribution is -0.117. The topological polar surface area (TPSA) is 69.7 Å². The molecule has 2 aromatic carbocycles. The first-order valence-electron chi connectivity index (χ1n) is 10.3. The van der Waals surface area contributed by atoms with Gasteiger partial charge in [-0.25, -0.2) is 8.42 Å². The van der Waals surface area contributed by atoms with Gasteiger partial charge in [0.05, 0.1) is 22.0 Å². The van der Waals surface area contributed by atoms with Crippen LogP contribution in [0, 0.1) is 0 Å². The first kappa shape index (κ1) is 23.7. The maximum atomic E-state index is 13.1. The Balaban J connectivity index is 1.80. The number of hydrogen-bond acceptors (Lipinski definition) is 4. The van der Waals surface area contributed by atoms with Gasteiger partial charge in [-0.05, 0) is 68.1 Å². The van der Waals surface area contributed by atoms with Crippen molar-refractivity contribution in [2.75, 3.05) is 33.9 Å². The second-order valence-corrected chi connectivity index (χ2v) is 10.3. The quantitative estimate of drug-likeness (QED) is 0.589. The highest BCUT2D eigenvalue weighted by Crippen LogP contribution is 2.31. The van der Waals surface area contributed by atoms with Crippen LogP contribution >= 0.6 is 23.2 Å². The van der Waals surface area contributed by atoms with E-state index in [-0.39, 0.29) is 11.4 Å². The Bertz CT molecular complexity index is 1020. The second-order valence-electron chi connectivity index (χ2n) is 7.67. The molecule has 6 nitrogen and oxygen atoms in total. The van der Waals surface area contributed by atoms with E-state index in [4.69, 9.17) is 23.2 Å². The number of carbonyl (C=O) groups excluding carboxylic acids is 1. The van der Waals surface area contributed by atoms with Crippen molar-refractivity contribution in [3.63, 3.8) is 0 Å². The minimum atomic E-state index is -3.75. The molecular weight excluding hydrogens is 457 g/mol. The first-order chi connectivity index (χ1) is 14.7. The van der Waals surface area contributed by atoms with E-state index in [1.54, 1.807) is 13.0 Å². The number of sulfonamides is 1. The number of piperidine rings is 1. The Kier molecular flexibility index (Phi) is 7.73. The number of hydrogen-bond donors (Lipinski definition) is 1. The van der Waals surface area contributed by atoms with Gasteiger partial charge in [-0.2, -0.15) is 0 Å². The van der Waals surface area contributed by atoms with Gasteiger partial charge in [0.25, 0.3) is 0 Å².